The molecule has 0 aromatic carbocycles. The predicted octanol–water partition coefficient (Wildman–Crippen LogP) is 1.31. The fourth-order valence-electron chi connectivity index (χ4n) is 1.73. The van der Waals surface area contributed by atoms with Crippen LogP contribution in [0.5, 0.6) is 0 Å². The molecular formula is C6H13Cl2NO. The van der Waals surface area contributed by atoms with Gasteiger partial charge in [0.25, 0.3) is 0 Å². The summed E-state index contributed by atoms with van der Waals surface area (Å²) in [5.41, 5.74) is 5.60. The van der Waals surface area contributed by atoms with E-state index in [1.807, 2.05) is 0 Å². The van der Waals surface area contributed by atoms with Gasteiger partial charge < -0.3 is 10.5 Å². The molecule has 2 N–H and O–H groups in total. The summed E-state index contributed by atoms with van der Waals surface area (Å²) in [6, 6.07) is 0. The van der Waals surface area contributed by atoms with E-state index >= 15 is 0 Å². The number of ether oxygens (including phenoxy) is 1. The maximum absolute atomic E-state index is 5.60. The third kappa shape index (κ3) is 1.56. The van der Waals surface area contributed by atoms with E-state index in [9.17, 15) is 0 Å². The van der Waals surface area contributed by atoms with E-state index in [4.69, 9.17) is 10.5 Å². The average molecular weight is 186 g/mol. The molecule has 10 heavy (non-hydrogen) atoms. The van der Waals surface area contributed by atoms with E-state index in [-0.39, 0.29) is 31.0 Å². The summed E-state index contributed by atoms with van der Waals surface area (Å²) in [6.07, 6.45) is 4.37. The van der Waals surface area contributed by atoms with Gasteiger partial charge in [0, 0.05) is 5.92 Å². The molecule has 3 atom stereocenters. The van der Waals surface area contributed by atoms with Crippen molar-refractivity contribution in [2.75, 3.05) is 0 Å². The Bertz CT molecular complexity index is 110. The fraction of sp³-hybridized carbons (Fsp3) is 1.00. The minimum atomic E-state index is 0. The highest BCUT2D eigenvalue weighted by atomic mass is 35.5. The van der Waals surface area contributed by atoms with E-state index < -0.39 is 0 Å². The molecule has 1 saturated carbocycles. The lowest BCUT2D eigenvalue weighted by molar-refractivity contribution is 0.00829. The average Bonchev–Trinajstić information content (AvgIpc) is 2.23. The van der Waals surface area contributed by atoms with Crippen molar-refractivity contribution < 1.29 is 4.74 Å². The molecule has 1 aliphatic heterocycles. The second-order valence-corrected chi connectivity index (χ2v) is 2.80. The second-order valence-electron chi connectivity index (χ2n) is 2.80. The van der Waals surface area contributed by atoms with Crippen molar-refractivity contribution in [1.29, 1.82) is 0 Å². The van der Waals surface area contributed by atoms with Gasteiger partial charge in [0.05, 0.1) is 6.10 Å². The Hall–Kier alpha value is 0.500. The second kappa shape index (κ2) is 3.77. The van der Waals surface area contributed by atoms with Crippen LogP contribution in [0.15, 0.2) is 0 Å². The molecular weight excluding hydrogens is 173 g/mol. The first-order valence-electron chi connectivity index (χ1n) is 3.27. The zero-order valence-corrected chi connectivity index (χ0v) is 7.29. The summed E-state index contributed by atoms with van der Waals surface area (Å²) in [5, 5.41) is 0. The number of rotatable bonds is 0. The van der Waals surface area contributed by atoms with Gasteiger partial charge >= 0.3 is 0 Å². The van der Waals surface area contributed by atoms with Crippen LogP contribution in [-0.2, 0) is 4.74 Å². The molecule has 3 unspecified atom stereocenters. The van der Waals surface area contributed by atoms with Gasteiger partial charge in [-0.05, 0) is 19.3 Å². The van der Waals surface area contributed by atoms with Gasteiger partial charge in [-0.2, -0.15) is 0 Å². The Morgan fingerprint density at radius 3 is 2.10 bits per heavy atom. The van der Waals surface area contributed by atoms with Crippen LogP contribution in [0.25, 0.3) is 0 Å². The maximum Gasteiger partial charge on any atom is 0.108 e. The van der Waals surface area contributed by atoms with Gasteiger partial charge in [-0.3, -0.25) is 0 Å². The van der Waals surface area contributed by atoms with E-state index in [1.54, 1.807) is 0 Å². The van der Waals surface area contributed by atoms with Crippen LogP contribution in [0.2, 0.25) is 0 Å². The molecule has 0 aromatic heterocycles. The minimum Gasteiger partial charge on any atom is -0.360 e. The summed E-state index contributed by atoms with van der Waals surface area (Å²) >= 11 is 0. The lowest BCUT2D eigenvalue weighted by Gasteiger charge is -2.16. The van der Waals surface area contributed by atoms with Gasteiger partial charge in [0.2, 0.25) is 0 Å². The minimum absolute atomic E-state index is 0. The van der Waals surface area contributed by atoms with Crippen molar-refractivity contribution in [3.8, 4) is 0 Å². The van der Waals surface area contributed by atoms with Crippen molar-refractivity contribution in [2.24, 2.45) is 11.7 Å². The van der Waals surface area contributed by atoms with Crippen LogP contribution in [0.4, 0.5) is 0 Å². The van der Waals surface area contributed by atoms with Crippen LogP contribution in [0.1, 0.15) is 19.3 Å². The number of fused-ring (bicyclic) bond motifs is 2. The van der Waals surface area contributed by atoms with Crippen molar-refractivity contribution in [1.82, 2.24) is 0 Å². The molecule has 0 radical (unpaired) electrons. The van der Waals surface area contributed by atoms with Crippen molar-refractivity contribution in [3.63, 3.8) is 0 Å². The molecule has 1 saturated heterocycles. The number of hydrogen-bond donors (Lipinski definition) is 1. The molecule has 0 amide bonds. The Morgan fingerprint density at radius 1 is 1.20 bits per heavy atom. The van der Waals surface area contributed by atoms with Gasteiger partial charge in [0.15, 0.2) is 0 Å². The molecule has 0 spiro atoms. The number of hydrogen-bond acceptors (Lipinski definition) is 2. The molecule has 4 heteroatoms. The maximum atomic E-state index is 5.60. The summed E-state index contributed by atoms with van der Waals surface area (Å²) in [5.74, 6) is 0.694. The third-order valence-corrected chi connectivity index (χ3v) is 2.24. The van der Waals surface area contributed by atoms with Gasteiger partial charge in [-0.15, -0.1) is 24.8 Å². The zero-order valence-electron chi connectivity index (χ0n) is 5.66. The molecule has 1 aliphatic carbocycles. The van der Waals surface area contributed by atoms with Crippen LogP contribution in [0, 0.1) is 5.92 Å². The third-order valence-electron chi connectivity index (χ3n) is 2.24. The Balaban J connectivity index is 0.000000405. The van der Waals surface area contributed by atoms with E-state index in [0.29, 0.717) is 12.0 Å². The van der Waals surface area contributed by atoms with Crippen LogP contribution in [0.3, 0.4) is 0 Å². The lowest BCUT2D eigenvalue weighted by atomic mass is 10.1. The lowest BCUT2D eigenvalue weighted by Crippen LogP contribution is -2.29. The normalized spacial score (nSPS) is 42.3. The first kappa shape index (κ1) is 10.5. The summed E-state index contributed by atoms with van der Waals surface area (Å²) in [7, 11) is 0. The van der Waals surface area contributed by atoms with E-state index in [1.165, 1.54) is 19.3 Å². The Labute approximate surface area is 73.3 Å². The molecule has 1 heterocycles. The first-order valence-corrected chi connectivity index (χ1v) is 3.27. The van der Waals surface area contributed by atoms with Crippen molar-refractivity contribution >= 4 is 24.8 Å². The monoisotopic (exact) mass is 185 g/mol. The van der Waals surface area contributed by atoms with Crippen LogP contribution < -0.4 is 5.73 Å². The molecule has 2 bridgehead atoms. The van der Waals surface area contributed by atoms with Gasteiger partial charge in [-0.25, -0.2) is 0 Å². The highest BCUT2D eigenvalue weighted by Gasteiger charge is 2.38. The highest BCUT2D eigenvalue weighted by Crippen LogP contribution is 2.37. The van der Waals surface area contributed by atoms with Gasteiger partial charge in [-0.1, -0.05) is 0 Å². The molecule has 62 valence electrons. The predicted molar refractivity (Wildman–Crippen MR) is 44.7 cm³/mol. The molecule has 2 aliphatic rings. The molecule has 0 aromatic rings. The van der Waals surface area contributed by atoms with E-state index in [2.05, 4.69) is 0 Å². The molecule has 2 nitrogen and oxygen atoms in total. The fourth-order valence-corrected chi connectivity index (χ4v) is 1.73. The topological polar surface area (TPSA) is 35.2 Å². The standard InChI is InChI=1S/C6H11NO.2ClH/c7-6-4-1-2-5(3-4)8-6;;/h4-6H,1-3,7H2;2*1H. The largest absolute Gasteiger partial charge is 0.360 e. The van der Waals surface area contributed by atoms with E-state index in [0.717, 1.165) is 0 Å². The van der Waals surface area contributed by atoms with Crippen molar-refractivity contribution in [2.45, 2.75) is 31.6 Å². The van der Waals surface area contributed by atoms with Crippen molar-refractivity contribution in [3.05, 3.63) is 0 Å². The number of nitrogens with two attached hydrogens (primary N) is 1. The Kier molecular flexibility index (Phi) is 3.95. The van der Waals surface area contributed by atoms with Gasteiger partial charge in [0.1, 0.15) is 6.23 Å². The molecule has 2 fully saturated rings. The smallest absolute Gasteiger partial charge is 0.108 e. The quantitative estimate of drug-likeness (QED) is 0.619. The molecule has 2 rings (SSSR count). The highest BCUT2D eigenvalue weighted by molar-refractivity contribution is 5.85. The SMILES string of the molecule is Cl.Cl.NC1OC2CCC1C2. The van der Waals surface area contributed by atoms with Crippen LogP contribution in [-0.4, -0.2) is 12.3 Å². The summed E-state index contributed by atoms with van der Waals surface area (Å²) in [4.78, 5) is 0. The number of halogens is 2. The van der Waals surface area contributed by atoms with Crippen LogP contribution >= 0.6 is 24.8 Å². The summed E-state index contributed by atoms with van der Waals surface area (Å²) in [6.45, 7) is 0. The Morgan fingerprint density at radius 2 is 1.90 bits per heavy atom. The summed E-state index contributed by atoms with van der Waals surface area (Å²) < 4.78 is 5.34. The first-order chi connectivity index (χ1) is 3.86. The zero-order chi connectivity index (χ0) is 5.56.